The fraction of sp³-hybridized carbons (Fsp3) is 0.444. The van der Waals surface area contributed by atoms with Gasteiger partial charge in [0, 0.05) is 0 Å². The summed E-state index contributed by atoms with van der Waals surface area (Å²) in [5.41, 5.74) is 0. The van der Waals surface area contributed by atoms with Gasteiger partial charge >= 0.3 is 24.0 Å². The van der Waals surface area contributed by atoms with Crippen LogP contribution in [-0.2, 0) is 10.7 Å². The molecule has 0 atom stereocenters. The van der Waals surface area contributed by atoms with E-state index in [4.69, 9.17) is 0 Å². The van der Waals surface area contributed by atoms with Gasteiger partial charge in [-0.1, -0.05) is 0 Å². The van der Waals surface area contributed by atoms with Crippen molar-refractivity contribution in [3.05, 3.63) is 23.7 Å². The number of furan rings is 1. The summed E-state index contributed by atoms with van der Waals surface area (Å²) in [6, 6.07) is 0.646. The molecule has 0 aromatic carbocycles. The zero-order valence-electron chi connectivity index (χ0n) is 9.03. The molecule has 0 unspecified atom stereocenters. The first-order valence-corrected chi connectivity index (χ1v) is 4.46. The predicted molar refractivity (Wildman–Crippen MR) is 44.9 cm³/mol. The molecular weight excluding hydrogens is 289 g/mol. The zero-order valence-corrected chi connectivity index (χ0v) is 9.03. The van der Waals surface area contributed by atoms with Crippen molar-refractivity contribution in [1.29, 1.82) is 0 Å². The van der Waals surface area contributed by atoms with E-state index in [0.717, 1.165) is 7.11 Å². The number of esters is 1. The molecule has 0 saturated heterocycles. The summed E-state index contributed by atoms with van der Waals surface area (Å²) < 4.78 is 95.1. The molecule has 1 heterocycles. The van der Waals surface area contributed by atoms with Crippen LogP contribution in [0.5, 0.6) is 0 Å². The van der Waals surface area contributed by atoms with Gasteiger partial charge in [-0.15, -0.1) is 0 Å². The number of rotatable bonds is 3. The summed E-state index contributed by atoms with van der Waals surface area (Å²) in [7, 11) is 0.840. The van der Waals surface area contributed by atoms with Crippen molar-refractivity contribution in [3.63, 3.8) is 0 Å². The van der Waals surface area contributed by atoms with Crippen LogP contribution in [0.15, 0.2) is 16.5 Å². The van der Waals surface area contributed by atoms with Crippen LogP contribution in [0.3, 0.4) is 0 Å². The molecule has 1 aromatic heterocycles. The van der Waals surface area contributed by atoms with E-state index in [2.05, 4.69) is 9.15 Å². The molecule has 1 aromatic rings. The Bertz CT molecular complexity index is 474. The molecule has 10 heteroatoms. The van der Waals surface area contributed by atoms with Crippen molar-refractivity contribution in [3.8, 4) is 0 Å². The largest absolute Gasteiger partial charge is 0.463 e. The molecule has 0 fully saturated rings. The average molecular weight is 294 g/mol. The van der Waals surface area contributed by atoms with Crippen LogP contribution in [0.2, 0.25) is 0 Å². The Balaban J connectivity index is 3.21. The maximum atomic E-state index is 13.1. The highest BCUT2D eigenvalue weighted by molar-refractivity contribution is 5.86. The molecule has 1 rings (SSSR count). The van der Waals surface area contributed by atoms with E-state index in [0.29, 0.717) is 6.07 Å². The Morgan fingerprint density at radius 3 is 2.05 bits per heavy atom. The van der Waals surface area contributed by atoms with Gasteiger partial charge in [-0.3, -0.25) is 0 Å². The van der Waals surface area contributed by atoms with Gasteiger partial charge in [0.1, 0.15) is 0 Å². The topological polar surface area (TPSA) is 39.4 Å². The molecule has 0 spiro atoms. The molecule has 0 N–H and O–H groups in total. The third-order valence-electron chi connectivity index (χ3n) is 2.05. The fourth-order valence-electron chi connectivity index (χ4n) is 1.05. The van der Waals surface area contributed by atoms with Crippen LogP contribution in [0, 0.1) is 0 Å². The number of ether oxygens (including phenoxy) is 1. The van der Waals surface area contributed by atoms with E-state index in [-0.39, 0.29) is 6.07 Å². The third kappa shape index (κ3) is 2.38. The highest BCUT2D eigenvalue weighted by Gasteiger charge is 2.75. The number of alkyl halides is 7. The Morgan fingerprint density at radius 1 is 1.11 bits per heavy atom. The maximum Gasteiger partial charge on any atom is 0.460 e. The quantitative estimate of drug-likeness (QED) is 0.634. The second-order valence-electron chi connectivity index (χ2n) is 3.30. The number of carbonyl (C=O) groups excluding carboxylic acids is 1. The molecule has 0 aliphatic heterocycles. The predicted octanol–water partition coefficient (Wildman–Crippen LogP) is 3.36. The summed E-state index contributed by atoms with van der Waals surface area (Å²) in [5, 5.41) is 0. The van der Waals surface area contributed by atoms with Gasteiger partial charge in [-0.05, 0) is 12.1 Å². The van der Waals surface area contributed by atoms with Crippen molar-refractivity contribution >= 4 is 5.97 Å². The lowest BCUT2D eigenvalue weighted by atomic mass is 10.1. The van der Waals surface area contributed by atoms with E-state index >= 15 is 0 Å². The van der Waals surface area contributed by atoms with Gasteiger partial charge in [0.15, 0.2) is 5.76 Å². The van der Waals surface area contributed by atoms with Crippen LogP contribution in [0.25, 0.3) is 0 Å². The van der Waals surface area contributed by atoms with Gasteiger partial charge in [-0.2, -0.15) is 30.7 Å². The Labute approximate surface area is 100 Å². The van der Waals surface area contributed by atoms with Gasteiger partial charge in [-0.25, -0.2) is 4.79 Å². The summed E-state index contributed by atoms with van der Waals surface area (Å²) >= 11 is 0. The summed E-state index contributed by atoms with van der Waals surface area (Å²) in [4.78, 5) is 10.8. The van der Waals surface area contributed by atoms with Crippen molar-refractivity contribution in [2.75, 3.05) is 7.11 Å². The second-order valence-corrected chi connectivity index (χ2v) is 3.30. The molecule has 0 bridgehead atoms. The SMILES string of the molecule is COC(=O)c1ccc(C(F)(F)C(F)(F)C(F)(F)F)o1. The normalized spacial score (nSPS) is 13.5. The van der Waals surface area contributed by atoms with Crippen LogP contribution in [0.4, 0.5) is 30.7 Å². The minimum atomic E-state index is -6.48. The zero-order chi connectivity index (χ0) is 15.1. The number of halogens is 7. The number of methoxy groups -OCH3 is 1. The van der Waals surface area contributed by atoms with Crippen molar-refractivity contribution in [1.82, 2.24) is 0 Å². The number of hydrogen-bond donors (Lipinski definition) is 0. The molecule has 0 radical (unpaired) electrons. The molecule has 0 aliphatic carbocycles. The lowest BCUT2D eigenvalue weighted by Crippen LogP contribution is -2.49. The molecular formula is C9H5F7O3. The molecule has 0 saturated carbocycles. The number of hydrogen-bond acceptors (Lipinski definition) is 3. The fourth-order valence-corrected chi connectivity index (χ4v) is 1.05. The lowest BCUT2D eigenvalue weighted by Gasteiger charge is -2.26. The highest BCUT2D eigenvalue weighted by atomic mass is 19.4. The first kappa shape index (κ1) is 15.3. The van der Waals surface area contributed by atoms with Crippen molar-refractivity contribution < 1.29 is 44.7 Å². The summed E-state index contributed by atoms with van der Waals surface area (Å²) in [6.45, 7) is 0. The summed E-state index contributed by atoms with van der Waals surface area (Å²) in [5.74, 6) is -16.2. The first-order chi connectivity index (χ1) is 8.45. The van der Waals surface area contributed by atoms with E-state index in [1.165, 1.54) is 0 Å². The van der Waals surface area contributed by atoms with E-state index in [1.807, 2.05) is 0 Å². The first-order valence-electron chi connectivity index (χ1n) is 4.46. The second kappa shape index (κ2) is 4.42. The molecule has 0 aliphatic rings. The Morgan fingerprint density at radius 2 is 1.63 bits per heavy atom. The van der Waals surface area contributed by atoms with Crippen LogP contribution >= 0.6 is 0 Å². The van der Waals surface area contributed by atoms with Crippen molar-refractivity contribution in [2.45, 2.75) is 18.0 Å². The van der Waals surface area contributed by atoms with E-state index < -0.39 is 35.5 Å². The maximum absolute atomic E-state index is 13.1. The lowest BCUT2D eigenvalue weighted by molar-refractivity contribution is -0.363. The minimum absolute atomic E-state index is 0.145. The van der Waals surface area contributed by atoms with Crippen LogP contribution < -0.4 is 0 Å². The standard InChI is InChI=1S/C9H5F7O3/c1-18-6(17)4-2-3-5(19-4)7(10,11)8(12,13)9(14,15)16/h2-3H,1H3. The van der Waals surface area contributed by atoms with E-state index in [9.17, 15) is 35.5 Å². The van der Waals surface area contributed by atoms with Gasteiger partial charge < -0.3 is 9.15 Å². The Hall–Kier alpha value is -1.74. The molecule has 0 amide bonds. The number of carbonyl (C=O) groups is 1. The molecule has 19 heavy (non-hydrogen) atoms. The van der Waals surface area contributed by atoms with Gasteiger partial charge in [0.25, 0.3) is 0 Å². The highest BCUT2D eigenvalue weighted by Crippen LogP contribution is 2.51. The van der Waals surface area contributed by atoms with Crippen LogP contribution in [-0.4, -0.2) is 25.2 Å². The van der Waals surface area contributed by atoms with E-state index in [1.54, 1.807) is 0 Å². The molecule has 108 valence electrons. The molecule has 3 nitrogen and oxygen atoms in total. The van der Waals surface area contributed by atoms with Crippen molar-refractivity contribution in [2.24, 2.45) is 0 Å². The van der Waals surface area contributed by atoms with Crippen LogP contribution in [0.1, 0.15) is 16.3 Å². The van der Waals surface area contributed by atoms with Gasteiger partial charge in [0.2, 0.25) is 5.76 Å². The van der Waals surface area contributed by atoms with Gasteiger partial charge in [0.05, 0.1) is 7.11 Å². The Kier molecular flexibility index (Phi) is 3.57. The minimum Gasteiger partial charge on any atom is -0.463 e. The summed E-state index contributed by atoms with van der Waals surface area (Å²) in [6.07, 6.45) is -6.48. The smallest absolute Gasteiger partial charge is 0.460 e. The average Bonchev–Trinajstić information content (AvgIpc) is 2.75. The third-order valence-corrected chi connectivity index (χ3v) is 2.05. The monoisotopic (exact) mass is 294 g/mol.